The minimum Gasteiger partial charge on any atom is -0.370 e. The fourth-order valence-corrected chi connectivity index (χ4v) is 3.44. The van der Waals surface area contributed by atoms with Gasteiger partial charge in [0.05, 0.1) is 18.9 Å². The average molecular weight is 536 g/mol. The molecule has 0 aliphatic rings. The zero-order valence-corrected chi connectivity index (χ0v) is 22.5. The van der Waals surface area contributed by atoms with Crippen molar-refractivity contribution in [3.8, 4) is 0 Å². The van der Waals surface area contributed by atoms with Crippen LogP contribution in [0.15, 0.2) is 12.5 Å². The molecule has 5 unspecified atom stereocenters. The summed E-state index contributed by atoms with van der Waals surface area (Å²) in [6, 6.07) is -3.06. The minimum absolute atomic E-state index is 0.0335. The summed E-state index contributed by atoms with van der Waals surface area (Å²) in [4.78, 5) is 80.4. The second-order valence-corrected chi connectivity index (χ2v) is 9.52. The van der Waals surface area contributed by atoms with Gasteiger partial charge in [-0.25, -0.2) is 4.98 Å². The molecular weight excluding hydrogens is 494 g/mol. The third-order valence-corrected chi connectivity index (χ3v) is 6.33. The first kappa shape index (κ1) is 32.3. The molecule has 1 rings (SSSR count). The Morgan fingerprint density at radius 3 is 2.24 bits per heavy atom. The number of hydrogen-bond donors (Lipinski definition) is 6. The highest BCUT2D eigenvalue weighted by molar-refractivity contribution is 5.94. The predicted octanol–water partition coefficient (Wildman–Crippen LogP) is -0.530. The SMILES string of the molecule is CCC(C)CC(=O)NCC(=O)NC(CCC(N)=O)C(=O)NC(Cc1cnc[nH]1)C(=O)NC(C=O)C(C)CC. The van der Waals surface area contributed by atoms with Gasteiger partial charge in [-0.1, -0.05) is 40.5 Å². The largest absolute Gasteiger partial charge is 0.370 e. The Hall–Kier alpha value is -3.77. The molecule has 1 heterocycles. The number of amides is 5. The van der Waals surface area contributed by atoms with Gasteiger partial charge in [-0.05, 0) is 18.3 Å². The van der Waals surface area contributed by atoms with Gasteiger partial charge in [-0.2, -0.15) is 0 Å². The van der Waals surface area contributed by atoms with Crippen molar-refractivity contribution >= 4 is 35.8 Å². The summed E-state index contributed by atoms with van der Waals surface area (Å²) in [5.41, 5.74) is 5.79. The lowest BCUT2D eigenvalue weighted by Gasteiger charge is -2.25. The molecule has 7 N–H and O–H groups in total. The van der Waals surface area contributed by atoms with Gasteiger partial charge < -0.3 is 36.8 Å². The lowest BCUT2D eigenvalue weighted by atomic mass is 9.99. The van der Waals surface area contributed by atoms with Crippen LogP contribution in [0.25, 0.3) is 0 Å². The summed E-state index contributed by atoms with van der Waals surface area (Å²) in [6.45, 7) is 7.22. The fraction of sp³-hybridized carbons (Fsp3) is 0.640. The monoisotopic (exact) mass is 535 g/mol. The number of hydrogen-bond acceptors (Lipinski definition) is 7. The first-order chi connectivity index (χ1) is 18.0. The van der Waals surface area contributed by atoms with Crippen LogP contribution in [0.5, 0.6) is 0 Å². The summed E-state index contributed by atoms with van der Waals surface area (Å²) >= 11 is 0. The summed E-state index contributed by atoms with van der Waals surface area (Å²) < 4.78 is 0. The highest BCUT2D eigenvalue weighted by Crippen LogP contribution is 2.08. The van der Waals surface area contributed by atoms with Crippen molar-refractivity contribution < 1.29 is 28.8 Å². The maximum atomic E-state index is 13.2. The van der Waals surface area contributed by atoms with Crippen LogP contribution in [-0.2, 0) is 35.2 Å². The molecule has 0 fully saturated rings. The Labute approximate surface area is 222 Å². The Bertz CT molecular complexity index is 937. The Morgan fingerprint density at radius 2 is 1.68 bits per heavy atom. The van der Waals surface area contributed by atoms with Crippen LogP contribution in [0, 0.1) is 11.8 Å². The molecule has 212 valence electrons. The number of nitrogens with two attached hydrogens (primary N) is 1. The van der Waals surface area contributed by atoms with Crippen LogP contribution in [0.3, 0.4) is 0 Å². The second kappa shape index (κ2) is 16.9. The van der Waals surface area contributed by atoms with Crippen molar-refractivity contribution in [3.05, 3.63) is 18.2 Å². The molecule has 0 spiro atoms. The van der Waals surface area contributed by atoms with E-state index < -0.39 is 41.8 Å². The highest BCUT2D eigenvalue weighted by Gasteiger charge is 2.29. The van der Waals surface area contributed by atoms with Crippen LogP contribution in [0.2, 0.25) is 0 Å². The van der Waals surface area contributed by atoms with E-state index in [9.17, 15) is 28.8 Å². The molecule has 13 heteroatoms. The predicted molar refractivity (Wildman–Crippen MR) is 139 cm³/mol. The van der Waals surface area contributed by atoms with Gasteiger partial charge in [0.15, 0.2) is 0 Å². The number of rotatable bonds is 18. The van der Waals surface area contributed by atoms with Crippen molar-refractivity contribution in [1.29, 1.82) is 0 Å². The number of imidazole rings is 1. The van der Waals surface area contributed by atoms with Gasteiger partial charge in [0.2, 0.25) is 29.5 Å². The van der Waals surface area contributed by atoms with Crippen molar-refractivity contribution in [2.24, 2.45) is 17.6 Å². The summed E-state index contributed by atoms with van der Waals surface area (Å²) in [7, 11) is 0. The van der Waals surface area contributed by atoms with Gasteiger partial charge in [-0.15, -0.1) is 0 Å². The van der Waals surface area contributed by atoms with E-state index >= 15 is 0 Å². The third kappa shape index (κ3) is 12.0. The molecule has 5 atom stereocenters. The fourth-order valence-electron chi connectivity index (χ4n) is 3.44. The van der Waals surface area contributed by atoms with Gasteiger partial charge >= 0.3 is 0 Å². The number of nitrogens with one attached hydrogen (secondary N) is 5. The zero-order valence-electron chi connectivity index (χ0n) is 22.5. The molecular formula is C25H41N7O6. The van der Waals surface area contributed by atoms with Crippen LogP contribution in [0.4, 0.5) is 0 Å². The van der Waals surface area contributed by atoms with Crippen LogP contribution >= 0.6 is 0 Å². The maximum Gasteiger partial charge on any atom is 0.243 e. The number of carbonyl (C=O) groups excluding carboxylic acids is 6. The quantitative estimate of drug-likeness (QED) is 0.135. The molecule has 0 aliphatic carbocycles. The number of carbonyl (C=O) groups is 6. The van der Waals surface area contributed by atoms with E-state index in [1.165, 1.54) is 12.5 Å². The van der Waals surface area contributed by atoms with E-state index in [4.69, 9.17) is 5.73 Å². The molecule has 0 aromatic carbocycles. The molecule has 0 bridgehead atoms. The van der Waals surface area contributed by atoms with E-state index in [0.29, 0.717) is 18.4 Å². The number of primary amides is 1. The van der Waals surface area contributed by atoms with E-state index in [0.717, 1.165) is 6.42 Å². The van der Waals surface area contributed by atoms with E-state index in [1.807, 2.05) is 27.7 Å². The van der Waals surface area contributed by atoms with Gasteiger partial charge in [0.1, 0.15) is 18.4 Å². The third-order valence-electron chi connectivity index (χ3n) is 6.33. The number of aldehydes is 1. The van der Waals surface area contributed by atoms with Crippen LogP contribution < -0.4 is 27.0 Å². The molecule has 0 saturated carbocycles. The number of H-pyrrole nitrogens is 1. The summed E-state index contributed by atoms with van der Waals surface area (Å²) in [6.07, 6.45) is 5.01. The smallest absolute Gasteiger partial charge is 0.243 e. The van der Waals surface area contributed by atoms with Gasteiger partial charge in [-0.3, -0.25) is 24.0 Å². The summed E-state index contributed by atoms with van der Waals surface area (Å²) in [5.74, 6) is -2.90. The first-order valence-corrected chi connectivity index (χ1v) is 12.9. The van der Waals surface area contributed by atoms with Crippen LogP contribution in [0.1, 0.15) is 65.5 Å². The van der Waals surface area contributed by atoms with Crippen molar-refractivity contribution in [1.82, 2.24) is 31.2 Å². The zero-order chi connectivity index (χ0) is 28.7. The Kier molecular flexibility index (Phi) is 14.3. The Balaban J connectivity index is 2.96. The van der Waals surface area contributed by atoms with Crippen LogP contribution in [-0.4, -0.2) is 70.5 Å². The highest BCUT2D eigenvalue weighted by atomic mass is 16.2. The van der Waals surface area contributed by atoms with Gasteiger partial charge in [0.25, 0.3) is 0 Å². The maximum absolute atomic E-state index is 13.2. The summed E-state index contributed by atoms with van der Waals surface area (Å²) in [5, 5.41) is 10.3. The second-order valence-electron chi connectivity index (χ2n) is 9.52. The van der Waals surface area contributed by atoms with E-state index in [2.05, 4.69) is 31.2 Å². The number of aromatic nitrogens is 2. The van der Waals surface area contributed by atoms with Crippen molar-refractivity contribution in [3.63, 3.8) is 0 Å². The molecule has 0 saturated heterocycles. The molecule has 0 aliphatic heterocycles. The molecule has 1 aromatic heterocycles. The topological polar surface area (TPSA) is 205 Å². The average Bonchev–Trinajstić information content (AvgIpc) is 3.40. The van der Waals surface area contributed by atoms with Crippen molar-refractivity contribution in [2.45, 2.75) is 84.3 Å². The van der Waals surface area contributed by atoms with E-state index in [1.54, 1.807) is 0 Å². The normalized spacial score (nSPS) is 14.7. The lowest BCUT2D eigenvalue weighted by molar-refractivity contribution is -0.133. The Morgan fingerprint density at radius 1 is 1.00 bits per heavy atom. The van der Waals surface area contributed by atoms with Crippen molar-refractivity contribution in [2.75, 3.05) is 6.54 Å². The minimum atomic E-state index is -1.20. The molecule has 5 amide bonds. The number of nitrogens with zero attached hydrogens (tertiary/aromatic N) is 1. The number of aromatic amines is 1. The van der Waals surface area contributed by atoms with E-state index in [-0.39, 0.29) is 50.0 Å². The molecule has 1 aromatic rings. The van der Waals surface area contributed by atoms with Gasteiger partial charge in [0, 0.05) is 31.2 Å². The standard InChI is InChI=1S/C25H41N7O6/c1-5-15(3)9-22(35)28-12-23(36)30-18(7-8-21(26)34)24(37)31-19(10-17-11-27-14-29-17)25(38)32-20(13-33)16(4)6-2/h11,13-16,18-20H,5-10,12H2,1-4H3,(H2,26,34)(H,27,29)(H,28,35)(H,30,36)(H,31,37)(H,32,38). The molecule has 0 radical (unpaired) electrons. The molecule has 13 nitrogen and oxygen atoms in total. The lowest BCUT2D eigenvalue weighted by Crippen LogP contribution is -2.57. The first-order valence-electron chi connectivity index (χ1n) is 12.9. The molecule has 38 heavy (non-hydrogen) atoms.